The highest BCUT2D eigenvalue weighted by atomic mass is 32.1. The van der Waals surface area contributed by atoms with Gasteiger partial charge in [-0.3, -0.25) is 14.9 Å². The van der Waals surface area contributed by atoms with Crippen molar-refractivity contribution >= 4 is 28.3 Å². The Morgan fingerprint density at radius 3 is 2.63 bits per heavy atom. The van der Waals surface area contributed by atoms with Crippen molar-refractivity contribution in [1.82, 2.24) is 4.98 Å². The zero-order chi connectivity index (χ0) is 19.1. The van der Waals surface area contributed by atoms with E-state index in [4.69, 9.17) is 9.47 Å². The first-order valence-electron chi connectivity index (χ1n) is 9.32. The van der Waals surface area contributed by atoms with Gasteiger partial charge in [-0.05, 0) is 56.9 Å². The van der Waals surface area contributed by atoms with E-state index in [0.717, 1.165) is 18.6 Å². The molecule has 0 spiro atoms. The number of amides is 1. The molecule has 1 saturated carbocycles. The number of carbonyl (C=O) groups excluding carboxylic acids is 2. The minimum atomic E-state index is -0.325. The van der Waals surface area contributed by atoms with Crippen molar-refractivity contribution in [3.05, 3.63) is 40.9 Å². The molecule has 7 heteroatoms. The average molecular weight is 388 g/mol. The summed E-state index contributed by atoms with van der Waals surface area (Å²) in [5, 5.41) is 4.96. The average Bonchev–Trinajstić information content (AvgIpc) is 3.10. The first kappa shape index (κ1) is 19.4. The van der Waals surface area contributed by atoms with Gasteiger partial charge in [0.05, 0.1) is 24.8 Å². The highest BCUT2D eigenvalue weighted by Gasteiger charge is 2.15. The summed E-state index contributed by atoms with van der Waals surface area (Å²) in [6.07, 6.45) is 6.31. The van der Waals surface area contributed by atoms with E-state index in [9.17, 15) is 9.59 Å². The summed E-state index contributed by atoms with van der Waals surface area (Å²) in [6.45, 7) is 2.10. The molecule has 144 valence electrons. The molecule has 0 saturated heterocycles. The lowest BCUT2D eigenvalue weighted by molar-refractivity contribution is -0.142. The summed E-state index contributed by atoms with van der Waals surface area (Å²) >= 11 is 1.28. The number of nitrogens with one attached hydrogen (secondary N) is 1. The van der Waals surface area contributed by atoms with Crippen molar-refractivity contribution in [3.63, 3.8) is 0 Å². The van der Waals surface area contributed by atoms with E-state index in [1.165, 1.54) is 30.6 Å². The summed E-state index contributed by atoms with van der Waals surface area (Å²) < 4.78 is 10.9. The van der Waals surface area contributed by atoms with Crippen LogP contribution in [-0.4, -0.2) is 29.6 Å². The zero-order valence-electron chi connectivity index (χ0n) is 15.4. The van der Waals surface area contributed by atoms with Crippen LogP contribution in [0.2, 0.25) is 0 Å². The molecule has 27 heavy (non-hydrogen) atoms. The number of hydrogen-bond acceptors (Lipinski definition) is 6. The van der Waals surface area contributed by atoms with Crippen molar-refractivity contribution < 1.29 is 19.1 Å². The van der Waals surface area contributed by atoms with Crippen LogP contribution in [0.1, 0.15) is 55.1 Å². The molecule has 1 N–H and O–H groups in total. The smallest absolute Gasteiger partial charge is 0.311 e. The van der Waals surface area contributed by atoms with E-state index in [0.29, 0.717) is 23.0 Å². The molecule has 0 radical (unpaired) electrons. The molecule has 1 aliphatic carbocycles. The Bertz CT molecular complexity index is 767. The third-order valence-corrected chi connectivity index (χ3v) is 5.18. The maximum atomic E-state index is 12.4. The predicted molar refractivity (Wildman–Crippen MR) is 104 cm³/mol. The van der Waals surface area contributed by atoms with Crippen LogP contribution in [0.4, 0.5) is 5.13 Å². The quantitative estimate of drug-likeness (QED) is 0.719. The molecule has 0 unspecified atom stereocenters. The summed E-state index contributed by atoms with van der Waals surface area (Å²) in [7, 11) is 0. The highest BCUT2D eigenvalue weighted by molar-refractivity contribution is 7.14. The van der Waals surface area contributed by atoms with Crippen LogP contribution in [0, 0.1) is 0 Å². The second-order valence-electron chi connectivity index (χ2n) is 6.48. The number of ether oxygens (including phenoxy) is 2. The molecule has 3 rings (SSSR count). The van der Waals surface area contributed by atoms with Crippen LogP contribution in [0.25, 0.3) is 0 Å². The molecular formula is C20H24N2O4S. The molecule has 1 heterocycles. The van der Waals surface area contributed by atoms with Crippen LogP contribution < -0.4 is 10.1 Å². The van der Waals surface area contributed by atoms with E-state index >= 15 is 0 Å². The molecule has 0 aliphatic heterocycles. The molecule has 1 amide bonds. The summed E-state index contributed by atoms with van der Waals surface area (Å²) in [5.41, 5.74) is 1.12. The Labute approximate surface area is 162 Å². The van der Waals surface area contributed by atoms with Gasteiger partial charge in [-0.15, -0.1) is 11.3 Å². The van der Waals surface area contributed by atoms with Crippen molar-refractivity contribution in [2.45, 2.75) is 51.6 Å². The van der Waals surface area contributed by atoms with Gasteiger partial charge in [0.15, 0.2) is 5.13 Å². The lowest BCUT2D eigenvalue weighted by Crippen LogP contribution is -2.19. The summed E-state index contributed by atoms with van der Waals surface area (Å²) in [5.74, 6) is 0.231. The molecule has 6 nitrogen and oxygen atoms in total. The number of benzene rings is 1. The van der Waals surface area contributed by atoms with Gasteiger partial charge in [0, 0.05) is 10.9 Å². The molecule has 0 bridgehead atoms. The predicted octanol–water partition coefficient (Wildman–Crippen LogP) is 4.21. The van der Waals surface area contributed by atoms with Crippen LogP contribution in [0.3, 0.4) is 0 Å². The number of aromatic nitrogens is 1. The molecule has 1 fully saturated rings. The Kier molecular flexibility index (Phi) is 6.81. The molecule has 1 aliphatic rings. The number of hydrogen-bond donors (Lipinski definition) is 1. The van der Waals surface area contributed by atoms with Crippen LogP contribution in [-0.2, 0) is 16.0 Å². The number of thiazole rings is 1. The third-order valence-electron chi connectivity index (χ3n) is 4.37. The standard InChI is InChI=1S/C20H24N2O4S/c1-2-25-18(23)12-15-13-27-20(21-15)22-19(24)14-8-10-17(11-9-14)26-16-6-4-3-5-7-16/h8-11,13,16H,2-7,12H2,1H3,(H,21,22,24). The maximum absolute atomic E-state index is 12.4. The van der Waals surface area contributed by atoms with Crippen LogP contribution >= 0.6 is 11.3 Å². The molecule has 1 aromatic carbocycles. The topological polar surface area (TPSA) is 77.5 Å². The van der Waals surface area contributed by atoms with Gasteiger partial charge in [0.25, 0.3) is 5.91 Å². The van der Waals surface area contributed by atoms with Crippen molar-refractivity contribution in [3.8, 4) is 5.75 Å². The second kappa shape index (κ2) is 9.50. The van der Waals surface area contributed by atoms with Gasteiger partial charge in [0.1, 0.15) is 5.75 Å². The van der Waals surface area contributed by atoms with Crippen molar-refractivity contribution in [2.24, 2.45) is 0 Å². The lowest BCUT2D eigenvalue weighted by atomic mass is 9.98. The summed E-state index contributed by atoms with van der Waals surface area (Å²) in [6, 6.07) is 7.16. The molecule has 1 aromatic heterocycles. The Hall–Kier alpha value is -2.41. The number of esters is 1. The number of rotatable bonds is 7. The van der Waals surface area contributed by atoms with E-state index < -0.39 is 0 Å². The Morgan fingerprint density at radius 2 is 1.93 bits per heavy atom. The first-order valence-corrected chi connectivity index (χ1v) is 10.2. The van der Waals surface area contributed by atoms with Crippen molar-refractivity contribution in [2.75, 3.05) is 11.9 Å². The number of nitrogens with zero attached hydrogens (tertiary/aromatic N) is 1. The highest BCUT2D eigenvalue weighted by Crippen LogP contribution is 2.24. The van der Waals surface area contributed by atoms with Gasteiger partial charge in [-0.25, -0.2) is 4.98 Å². The fraction of sp³-hybridized carbons (Fsp3) is 0.450. The van der Waals surface area contributed by atoms with Crippen LogP contribution in [0.5, 0.6) is 5.75 Å². The van der Waals surface area contributed by atoms with E-state index in [1.54, 1.807) is 24.4 Å². The van der Waals surface area contributed by atoms with E-state index in [1.807, 2.05) is 12.1 Å². The SMILES string of the molecule is CCOC(=O)Cc1csc(NC(=O)c2ccc(OC3CCCCC3)cc2)n1. The van der Waals surface area contributed by atoms with Gasteiger partial charge in [-0.1, -0.05) is 6.42 Å². The van der Waals surface area contributed by atoms with Gasteiger partial charge < -0.3 is 9.47 Å². The number of anilines is 1. The van der Waals surface area contributed by atoms with Crippen LogP contribution in [0.15, 0.2) is 29.6 Å². The third kappa shape index (κ3) is 5.79. The fourth-order valence-electron chi connectivity index (χ4n) is 3.04. The van der Waals surface area contributed by atoms with E-state index in [-0.39, 0.29) is 24.4 Å². The largest absolute Gasteiger partial charge is 0.490 e. The maximum Gasteiger partial charge on any atom is 0.311 e. The second-order valence-corrected chi connectivity index (χ2v) is 7.34. The normalized spacial score (nSPS) is 14.6. The first-order chi connectivity index (χ1) is 13.1. The van der Waals surface area contributed by atoms with Gasteiger partial charge in [0.2, 0.25) is 0 Å². The molecular weight excluding hydrogens is 364 g/mol. The zero-order valence-corrected chi connectivity index (χ0v) is 16.2. The molecule has 0 atom stereocenters. The monoisotopic (exact) mass is 388 g/mol. The lowest BCUT2D eigenvalue weighted by Gasteiger charge is -2.23. The van der Waals surface area contributed by atoms with Crippen molar-refractivity contribution in [1.29, 1.82) is 0 Å². The summed E-state index contributed by atoms with van der Waals surface area (Å²) in [4.78, 5) is 28.1. The van der Waals surface area contributed by atoms with Gasteiger partial charge >= 0.3 is 5.97 Å². The Balaban J connectivity index is 1.53. The molecule has 2 aromatic rings. The number of carbonyl (C=O) groups is 2. The minimum Gasteiger partial charge on any atom is -0.490 e. The van der Waals surface area contributed by atoms with E-state index in [2.05, 4.69) is 10.3 Å². The Morgan fingerprint density at radius 1 is 1.19 bits per heavy atom. The fourth-order valence-corrected chi connectivity index (χ4v) is 3.74. The van der Waals surface area contributed by atoms with Gasteiger partial charge in [-0.2, -0.15) is 0 Å². The minimum absolute atomic E-state index is 0.105.